The number of nitrogens with zero attached hydrogens (tertiary/aromatic N) is 1. The quantitative estimate of drug-likeness (QED) is 0.725. The van der Waals surface area contributed by atoms with Gasteiger partial charge in [-0.3, -0.25) is 0 Å². The van der Waals surface area contributed by atoms with Crippen LogP contribution in [0.3, 0.4) is 0 Å². The van der Waals surface area contributed by atoms with Crippen LogP contribution in [0.1, 0.15) is 13.3 Å². The van der Waals surface area contributed by atoms with Crippen molar-refractivity contribution in [3.05, 3.63) is 18.3 Å². The molecule has 1 aromatic heterocycles. The first kappa shape index (κ1) is 12.2. The fourth-order valence-electron chi connectivity index (χ4n) is 1.22. The molecule has 1 heterocycles. The molecule has 0 saturated heterocycles. The van der Waals surface area contributed by atoms with Gasteiger partial charge < -0.3 is 10.1 Å². The highest BCUT2D eigenvalue weighted by Gasteiger charge is 2.01. The molecule has 0 spiro atoms. The van der Waals surface area contributed by atoms with Crippen molar-refractivity contribution in [2.24, 2.45) is 0 Å². The first-order valence-electron chi connectivity index (χ1n) is 5.19. The lowest BCUT2D eigenvalue weighted by atomic mass is 10.4. The van der Waals surface area contributed by atoms with E-state index < -0.39 is 0 Å². The molecule has 1 rings (SSSR count). The third-order valence-corrected chi connectivity index (χ3v) is 2.59. The van der Waals surface area contributed by atoms with E-state index in [4.69, 9.17) is 4.74 Å². The van der Waals surface area contributed by atoms with Gasteiger partial charge in [-0.15, -0.1) is 0 Å². The maximum atomic E-state index is 5.42. The molecule has 0 unspecified atom stereocenters. The third-order valence-electron chi connectivity index (χ3n) is 1.89. The first-order chi connectivity index (χ1) is 7.38. The van der Waals surface area contributed by atoms with Crippen LogP contribution < -0.4 is 10.1 Å². The van der Waals surface area contributed by atoms with Crippen molar-refractivity contribution in [1.82, 2.24) is 4.98 Å². The Labute approximate surface area is 95.6 Å². The molecule has 0 bridgehead atoms. The summed E-state index contributed by atoms with van der Waals surface area (Å²) in [7, 11) is 0. The van der Waals surface area contributed by atoms with Gasteiger partial charge in [-0.2, -0.15) is 11.8 Å². The second-order valence-electron chi connectivity index (χ2n) is 3.06. The standard InChI is InChI=1S/C11H18N2OS/c1-3-14-11-10(6-4-7-13-11)12-8-5-9-15-2/h4,6-7,12H,3,5,8-9H2,1-2H3. The van der Waals surface area contributed by atoms with Crippen molar-refractivity contribution in [2.75, 3.05) is 30.5 Å². The van der Waals surface area contributed by atoms with E-state index in [1.54, 1.807) is 6.20 Å². The van der Waals surface area contributed by atoms with Gasteiger partial charge in [0.15, 0.2) is 0 Å². The zero-order valence-corrected chi connectivity index (χ0v) is 10.1. The largest absolute Gasteiger partial charge is 0.476 e. The second kappa shape index (κ2) is 7.40. The molecule has 15 heavy (non-hydrogen) atoms. The lowest BCUT2D eigenvalue weighted by molar-refractivity contribution is 0.328. The average Bonchev–Trinajstić information content (AvgIpc) is 2.27. The van der Waals surface area contributed by atoms with Crippen LogP contribution in [0.5, 0.6) is 5.88 Å². The molecule has 0 aromatic carbocycles. The maximum Gasteiger partial charge on any atom is 0.237 e. The second-order valence-corrected chi connectivity index (χ2v) is 4.05. The van der Waals surface area contributed by atoms with E-state index >= 15 is 0 Å². The summed E-state index contributed by atoms with van der Waals surface area (Å²) in [6.07, 6.45) is 5.02. The van der Waals surface area contributed by atoms with Gasteiger partial charge >= 0.3 is 0 Å². The van der Waals surface area contributed by atoms with Gasteiger partial charge in [-0.05, 0) is 37.5 Å². The van der Waals surface area contributed by atoms with Crippen molar-refractivity contribution in [3.63, 3.8) is 0 Å². The zero-order chi connectivity index (χ0) is 10.9. The monoisotopic (exact) mass is 226 g/mol. The van der Waals surface area contributed by atoms with Crippen LogP contribution in [0.4, 0.5) is 5.69 Å². The number of rotatable bonds is 7. The zero-order valence-electron chi connectivity index (χ0n) is 9.32. The smallest absolute Gasteiger partial charge is 0.237 e. The molecule has 1 N–H and O–H groups in total. The molecule has 0 amide bonds. The molecular weight excluding hydrogens is 208 g/mol. The fourth-order valence-corrected chi connectivity index (χ4v) is 1.65. The van der Waals surface area contributed by atoms with Gasteiger partial charge in [0.1, 0.15) is 0 Å². The highest BCUT2D eigenvalue weighted by atomic mass is 32.2. The Morgan fingerprint density at radius 3 is 3.13 bits per heavy atom. The maximum absolute atomic E-state index is 5.42. The molecule has 1 aromatic rings. The number of anilines is 1. The molecule has 0 aliphatic rings. The average molecular weight is 226 g/mol. The van der Waals surface area contributed by atoms with Gasteiger partial charge in [0, 0.05) is 12.7 Å². The minimum absolute atomic E-state index is 0.649. The molecule has 0 aliphatic carbocycles. The highest BCUT2D eigenvalue weighted by molar-refractivity contribution is 7.98. The SMILES string of the molecule is CCOc1ncccc1NCCCSC. The Kier molecular flexibility index (Phi) is 6.00. The van der Waals surface area contributed by atoms with Gasteiger partial charge in [0.25, 0.3) is 0 Å². The van der Waals surface area contributed by atoms with Crippen LogP contribution in [-0.4, -0.2) is 30.1 Å². The molecule has 3 nitrogen and oxygen atoms in total. The van der Waals surface area contributed by atoms with E-state index in [0.29, 0.717) is 12.5 Å². The van der Waals surface area contributed by atoms with Crippen LogP contribution in [0, 0.1) is 0 Å². The topological polar surface area (TPSA) is 34.1 Å². The normalized spacial score (nSPS) is 10.0. The van der Waals surface area contributed by atoms with Gasteiger partial charge in [-0.1, -0.05) is 0 Å². The summed E-state index contributed by atoms with van der Waals surface area (Å²) in [5.41, 5.74) is 0.987. The van der Waals surface area contributed by atoms with Crippen molar-refractivity contribution in [3.8, 4) is 5.88 Å². The lowest BCUT2D eigenvalue weighted by Crippen LogP contribution is -2.05. The summed E-state index contributed by atoms with van der Waals surface area (Å²) < 4.78 is 5.42. The Hall–Kier alpha value is -0.900. The predicted octanol–water partition coefficient (Wildman–Crippen LogP) is 2.65. The Morgan fingerprint density at radius 2 is 2.40 bits per heavy atom. The van der Waals surface area contributed by atoms with Crippen molar-refractivity contribution >= 4 is 17.4 Å². The molecular formula is C11H18N2OS. The summed E-state index contributed by atoms with van der Waals surface area (Å²) in [4.78, 5) is 4.18. The number of pyridine rings is 1. The highest BCUT2D eigenvalue weighted by Crippen LogP contribution is 2.20. The van der Waals surface area contributed by atoms with Crippen LogP contribution in [0.25, 0.3) is 0 Å². The summed E-state index contributed by atoms with van der Waals surface area (Å²) in [5.74, 6) is 1.88. The summed E-state index contributed by atoms with van der Waals surface area (Å²) >= 11 is 1.86. The van der Waals surface area contributed by atoms with E-state index in [2.05, 4.69) is 16.6 Å². The van der Waals surface area contributed by atoms with Crippen LogP contribution in [0.2, 0.25) is 0 Å². The molecule has 0 saturated carbocycles. The van der Waals surface area contributed by atoms with Crippen LogP contribution in [-0.2, 0) is 0 Å². The van der Waals surface area contributed by atoms with Crippen molar-refractivity contribution in [1.29, 1.82) is 0 Å². The van der Waals surface area contributed by atoms with E-state index in [1.165, 1.54) is 5.75 Å². The molecule has 0 aliphatic heterocycles. The Bertz CT molecular complexity index is 281. The predicted molar refractivity (Wildman–Crippen MR) is 66.9 cm³/mol. The molecule has 0 atom stereocenters. The van der Waals surface area contributed by atoms with E-state index in [1.807, 2.05) is 30.8 Å². The fraction of sp³-hybridized carbons (Fsp3) is 0.545. The summed E-state index contributed by atoms with van der Waals surface area (Å²) in [6.45, 7) is 3.58. The van der Waals surface area contributed by atoms with Crippen LogP contribution in [0.15, 0.2) is 18.3 Å². The molecule has 84 valence electrons. The first-order valence-corrected chi connectivity index (χ1v) is 6.58. The Balaban J connectivity index is 2.44. The number of aromatic nitrogens is 1. The van der Waals surface area contributed by atoms with E-state index in [-0.39, 0.29) is 0 Å². The minimum Gasteiger partial charge on any atom is -0.476 e. The third kappa shape index (κ3) is 4.42. The minimum atomic E-state index is 0.649. The molecule has 4 heteroatoms. The molecule has 0 radical (unpaired) electrons. The van der Waals surface area contributed by atoms with Crippen LogP contribution >= 0.6 is 11.8 Å². The van der Waals surface area contributed by atoms with E-state index in [0.717, 1.165) is 18.7 Å². The number of hydrogen-bond donors (Lipinski definition) is 1. The molecule has 0 fully saturated rings. The number of nitrogens with one attached hydrogen (secondary N) is 1. The summed E-state index contributed by atoms with van der Waals surface area (Å²) in [5, 5.41) is 3.33. The van der Waals surface area contributed by atoms with Crippen molar-refractivity contribution < 1.29 is 4.74 Å². The van der Waals surface area contributed by atoms with E-state index in [9.17, 15) is 0 Å². The summed E-state index contributed by atoms with van der Waals surface area (Å²) in [6, 6.07) is 3.91. The van der Waals surface area contributed by atoms with Gasteiger partial charge in [0.05, 0.1) is 12.3 Å². The lowest BCUT2D eigenvalue weighted by Gasteiger charge is -2.10. The van der Waals surface area contributed by atoms with Gasteiger partial charge in [-0.25, -0.2) is 4.98 Å². The number of ether oxygens (including phenoxy) is 1. The van der Waals surface area contributed by atoms with Gasteiger partial charge in [0.2, 0.25) is 5.88 Å². The van der Waals surface area contributed by atoms with Crippen molar-refractivity contribution in [2.45, 2.75) is 13.3 Å². The number of hydrogen-bond acceptors (Lipinski definition) is 4. The number of thioether (sulfide) groups is 1. The Morgan fingerprint density at radius 1 is 1.53 bits per heavy atom.